The maximum atomic E-state index is 12.3. The Morgan fingerprint density at radius 3 is 2.52 bits per heavy atom. The number of aliphatic hydroxyl groups is 1. The van der Waals surface area contributed by atoms with Crippen molar-refractivity contribution in [1.29, 1.82) is 0 Å². The molecule has 0 radical (unpaired) electrons. The minimum Gasteiger partial charge on any atom is -0.468 e. The Morgan fingerprint density at radius 1 is 1.11 bits per heavy atom. The van der Waals surface area contributed by atoms with Crippen LogP contribution in [0.3, 0.4) is 0 Å². The molecule has 3 saturated carbocycles. The van der Waals surface area contributed by atoms with E-state index in [-0.39, 0.29) is 17.5 Å². The van der Waals surface area contributed by atoms with Gasteiger partial charge in [-0.25, -0.2) is 0 Å². The lowest BCUT2D eigenvalue weighted by molar-refractivity contribution is -0.149. The number of methoxy groups -OCH3 is 1. The average molecular weight is 375 g/mol. The lowest BCUT2D eigenvalue weighted by Gasteiger charge is -2.60. The molecule has 0 aromatic carbocycles. The van der Waals surface area contributed by atoms with Gasteiger partial charge in [0.25, 0.3) is 0 Å². The van der Waals surface area contributed by atoms with Crippen molar-refractivity contribution in [2.75, 3.05) is 7.11 Å². The second-order valence-electron chi connectivity index (χ2n) is 11.0. The van der Waals surface area contributed by atoms with Crippen LogP contribution >= 0.6 is 0 Å². The summed E-state index contributed by atoms with van der Waals surface area (Å²) in [6.07, 6.45) is 11.7. The van der Waals surface area contributed by atoms with E-state index in [2.05, 4.69) is 19.9 Å². The van der Waals surface area contributed by atoms with Gasteiger partial charge in [0.15, 0.2) is 0 Å². The first-order chi connectivity index (χ1) is 12.6. The Kier molecular flexibility index (Phi) is 4.57. The Balaban J connectivity index is 1.59. The van der Waals surface area contributed by atoms with Gasteiger partial charge in [-0.15, -0.1) is 0 Å². The summed E-state index contributed by atoms with van der Waals surface area (Å²) in [6.45, 7) is 8.93. The summed E-state index contributed by atoms with van der Waals surface area (Å²) in [4.78, 5) is 12.3. The molecule has 4 rings (SSSR count). The van der Waals surface area contributed by atoms with Crippen molar-refractivity contribution < 1.29 is 14.6 Å². The number of aliphatic hydroxyl groups excluding tert-OH is 1. The molecule has 0 saturated heterocycles. The zero-order valence-corrected chi connectivity index (χ0v) is 17.9. The van der Waals surface area contributed by atoms with Crippen molar-refractivity contribution in [2.24, 2.45) is 39.9 Å². The highest BCUT2D eigenvalue weighted by Gasteiger charge is 2.59. The molecule has 0 aliphatic heterocycles. The summed E-state index contributed by atoms with van der Waals surface area (Å²) in [5.41, 5.74) is 1.29. The number of rotatable bonds is 2. The van der Waals surface area contributed by atoms with Gasteiger partial charge in [-0.1, -0.05) is 25.5 Å². The van der Waals surface area contributed by atoms with Gasteiger partial charge in [0, 0.05) is 0 Å². The van der Waals surface area contributed by atoms with Crippen molar-refractivity contribution in [3.05, 3.63) is 11.6 Å². The Bertz CT molecular complexity index is 650. The lowest BCUT2D eigenvalue weighted by atomic mass is 9.45. The van der Waals surface area contributed by atoms with E-state index in [1.807, 2.05) is 13.8 Å². The SMILES string of the molecule is COC(=O)C(C)(C)C1=CC[C@@]2(C)[C@@H](CC[C@H]3[C@H]2CC[C@@]2(C)[C@@H]3CC[C@@H]2O)C1. The van der Waals surface area contributed by atoms with Crippen LogP contribution in [-0.2, 0) is 9.53 Å². The van der Waals surface area contributed by atoms with Gasteiger partial charge < -0.3 is 9.84 Å². The highest BCUT2D eigenvalue weighted by molar-refractivity contribution is 5.79. The third-order valence-electron chi connectivity index (χ3n) is 9.77. The van der Waals surface area contributed by atoms with E-state index < -0.39 is 5.41 Å². The normalized spacial score (nSPS) is 46.7. The van der Waals surface area contributed by atoms with Crippen LogP contribution in [-0.4, -0.2) is 24.3 Å². The van der Waals surface area contributed by atoms with Crippen LogP contribution in [0.15, 0.2) is 11.6 Å². The van der Waals surface area contributed by atoms with Crippen LogP contribution in [0, 0.1) is 39.9 Å². The van der Waals surface area contributed by atoms with Crippen molar-refractivity contribution in [3.63, 3.8) is 0 Å². The van der Waals surface area contributed by atoms with E-state index in [0.29, 0.717) is 17.3 Å². The molecule has 3 nitrogen and oxygen atoms in total. The molecule has 0 heterocycles. The summed E-state index contributed by atoms with van der Waals surface area (Å²) >= 11 is 0. The first-order valence-corrected chi connectivity index (χ1v) is 11.1. The summed E-state index contributed by atoms with van der Waals surface area (Å²) in [6, 6.07) is 0. The standard InChI is InChI=1S/C24H38O3/c1-22(2,21(26)27-5)15-10-12-23(3)16(14-15)6-7-17-18-8-9-20(25)24(18,4)13-11-19(17)23/h10,16-20,25H,6-9,11-14H2,1-5H3/t16-,17+,18+,19+,20-,23-,24-/m0/s1. The average Bonchev–Trinajstić information content (AvgIpc) is 2.95. The molecule has 0 unspecified atom stereocenters. The van der Waals surface area contributed by atoms with Gasteiger partial charge in [0.1, 0.15) is 0 Å². The van der Waals surface area contributed by atoms with Crippen LogP contribution in [0.4, 0.5) is 0 Å². The van der Waals surface area contributed by atoms with Gasteiger partial charge in [-0.2, -0.15) is 0 Å². The summed E-state index contributed by atoms with van der Waals surface area (Å²) in [5, 5.41) is 10.6. The highest BCUT2D eigenvalue weighted by atomic mass is 16.5. The van der Waals surface area contributed by atoms with Crippen molar-refractivity contribution in [3.8, 4) is 0 Å². The second-order valence-corrected chi connectivity index (χ2v) is 11.0. The molecule has 0 aromatic heterocycles. The first-order valence-electron chi connectivity index (χ1n) is 11.1. The van der Waals surface area contributed by atoms with Crippen molar-refractivity contribution in [2.45, 2.75) is 85.2 Å². The summed E-state index contributed by atoms with van der Waals surface area (Å²) in [7, 11) is 1.50. The predicted molar refractivity (Wildman–Crippen MR) is 107 cm³/mol. The number of ether oxygens (including phenoxy) is 1. The first kappa shape index (κ1) is 19.5. The fourth-order valence-corrected chi connectivity index (χ4v) is 7.75. The smallest absolute Gasteiger partial charge is 0.315 e. The quantitative estimate of drug-likeness (QED) is 0.539. The van der Waals surface area contributed by atoms with Gasteiger partial charge in [0.05, 0.1) is 18.6 Å². The number of fused-ring (bicyclic) bond motifs is 5. The number of allylic oxidation sites excluding steroid dienone is 1. The zero-order valence-electron chi connectivity index (χ0n) is 17.9. The van der Waals surface area contributed by atoms with E-state index in [9.17, 15) is 9.90 Å². The Hall–Kier alpha value is -0.830. The maximum absolute atomic E-state index is 12.3. The number of esters is 1. The van der Waals surface area contributed by atoms with E-state index in [1.54, 1.807) is 0 Å². The van der Waals surface area contributed by atoms with Crippen molar-refractivity contribution in [1.82, 2.24) is 0 Å². The van der Waals surface area contributed by atoms with Crippen molar-refractivity contribution >= 4 is 5.97 Å². The molecule has 0 aromatic rings. The molecule has 4 aliphatic rings. The Morgan fingerprint density at radius 2 is 1.81 bits per heavy atom. The number of carbonyl (C=O) groups is 1. The maximum Gasteiger partial charge on any atom is 0.315 e. The largest absolute Gasteiger partial charge is 0.468 e. The zero-order chi connectivity index (χ0) is 19.6. The fraction of sp³-hybridized carbons (Fsp3) is 0.875. The molecule has 4 aliphatic carbocycles. The minimum atomic E-state index is -0.506. The van der Waals surface area contributed by atoms with E-state index in [4.69, 9.17) is 4.74 Å². The molecule has 0 spiro atoms. The molecule has 3 fully saturated rings. The minimum absolute atomic E-state index is 0.0901. The number of hydrogen-bond donors (Lipinski definition) is 1. The lowest BCUT2D eigenvalue weighted by Crippen LogP contribution is -2.53. The fourth-order valence-electron chi connectivity index (χ4n) is 7.75. The van der Waals surface area contributed by atoms with Gasteiger partial charge >= 0.3 is 5.97 Å². The summed E-state index contributed by atoms with van der Waals surface area (Å²) in [5.74, 6) is 2.84. The van der Waals surface area contributed by atoms with E-state index >= 15 is 0 Å². The number of carbonyl (C=O) groups excluding carboxylic acids is 1. The third kappa shape index (κ3) is 2.67. The van der Waals surface area contributed by atoms with Crippen LogP contribution in [0.1, 0.15) is 79.1 Å². The molecule has 27 heavy (non-hydrogen) atoms. The predicted octanol–water partition coefficient (Wildman–Crippen LogP) is 5.13. The second kappa shape index (κ2) is 6.34. The van der Waals surface area contributed by atoms with Gasteiger partial charge in [0.2, 0.25) is 0 Å². The topological polar surface area (TPSA) is 46.5 Å². The molecule has 3 heteroatoms. The highest BCUT2D eigenvalue weighted by Crippen LogP contribution is 2.66. The van der Waals surface area contributed by atoms with E-state index in [0.717, 1.165) is 31.1 Å². The van der Waals surface area contributed by atoms with Gasteiger partial charge in [-0.05, 0) is 99.7 Å². The monoisotopic (exact) mass is 374 g/mol. The molecule has 0 amide bonds. The third-order valence-corrected chi connectivity index (χ3v) is 9.77. The molecule has 152 valence electrons. The molecular weight excluding hydrogens is 336 g/mol. The molecule has 7 atom stereocenters. The Labute approximate surface area is 164 Å². The molecule has 1 N–H and O–H groups in total. The molecular formula is C24H38O3. The van der Waals surface area contributed by atoms with E-state index in [1.165, 1.54) is 44.8 Å². The van der Waals surface area contributed by atoms with Crippen LogP contribution in [0.25, 0.3) is 0 Å². The van der Waals surface area contributed by atoms with Crippen LogP contribution in [0.2, 0.25) is 0 Å². The molecule has 0 bridgehead atoms. The summed E-state index contributed by atoms with van der Waals surface area (Å²) < 4.78 is 5.08. The van der Waals surface area contributed by atoms with Gasteiger partial charge in [-0.3, -0.25) is 4.79 Å². The van der Waals surface area contributed by atoms with Crippen LogP contribution in [0.5, 0.6) is 0 Å². The van der Waals surface area contributed by atoms with Crippen LogP contribution < -0.4 is 0 Å². The number of hydrogen-bond acceptors (Lipinski definition) is 3.